The normalized spacial score (nSPS) is 15.9. The van der Waals surface area contributed by atoms with Gasteiger partial charge in [-0.3, -0.25) is 0 Å². The SMILES string of the molecule is Cc1ccccc1S(=O)(=O)N1CCc2ccc(S(N)(=O)=O)cc2C1. The van der Waals surface area contributed by atoms with E-state index in [2.05, 4.69) is 0 Å². The summed E-state index contributed by atoms with van der Waals surface area (Å²) in [5.74, 6) is 0. The summed E-state index contributed by atoms with van der Waals surface area (Å²) in [7, 11) is -7.45. The lowest BCUT2D eigenvalue weighted by atomic mass is 10.0. The highest BCUT2D eigenvalue weighted by Crippen LogP contribution is 2.27. The van der Waals surface area contributed by atoms with E-state index in [-0.39, 0.29) is 16.3 Å². The van der Waals surface area contributed by atoms with Crippen molar-refractivity contribution in [2.45, 2.75) is 29.7 Å². The minimum absolute atomic E-state index is 0.00334. The van der Waals surface area contributed by atoms with Crippen LogP contribution in [0.1, 0.15) is 16.7 Å². The fraction of sp³-hybridized carbons (Fsp3) is 0.250. The molecule has 6 nitrogen and oxygen atoms in total. The van der Waals surface area contributed by atoms with Gasteiger partial charge in [-0.15, -0.1) is 0 Å². The van der Waals surface area contributed by atoms with E-state index in [4.69, 9.17) is 5.14 Å². The van der Waals surface area contributed by atoms with Gasteiger partial charge in [0.2, 0.25) is 20.0 Å². The molecule has 0 bridgehead atoms. The van der Waals surface area contributed by atoms with Crippen LogP contribution in [-0.2, 0) is 33.0 Å². The Labute approximate surface area is 142 Å². The zero-order valence-corrected chi connectivity index (χ0v) is 14.8. The highest BCUT2D eigenvalue weighted by Gasteiger charge is 2.29. The molecule has 0 saturated heterocycles. The molecule has 1 aliphatic rings. The van der Waals surface area contributed by atoms with Gasteiger partial charge in [-0.25, -0.2) is 22.0 Å². The Morgan fingerprint density at radius 2 is 1.71 bits per heavy atom. The Balaban J connectivity index is 1.99. The summed E-state index contributed by atoms with van der Waals surface area (Å²) in [6.45, 7) is 2.25. The van der Waals surface area contributed by atoms with Crippen LogP contribution in [0, 0.1) is 6.92 Å². The van der Waals surface area contributed by atoms with Crippen LogP contribution in [0.4, 0.5) is 0 Å². The maximum Gasteiger partial charge on any atom is 0.243 e. The van der Waals surface area contributed by atoms with Crippen LogP contribution in [0.2, 0.25) is 0 Å². The van der Waals surface area contributed by atoms with E-state index in [0.29, 0.717) is 24.1 Å². The van der Waals surface area contributed by atoms with E-state index in [0.717, 1.165) is 5.56 Å². The fourth-order valence-electron chi connectivity index (χ4n) is 2.87. The van der Waals surface area contributed by atoms with E-state index < -0.39 is 20.0 Å². The molecule has 0 saturated carbocycles. The second-order valence-corrected chi connectivity index (χ2v) is 9.30. The molecule has 0 unspecified atom stereocenters. The van der Waals surface area contributed by atoms with Crippen molar-refractivity contribution in [2.75, 3.05) is 6.54 Å². The molecule has 0 radical (unpaired) electrons. The smallest absolute Gasteiger partial charge is 0.225 e. The molecule has 1 heterocycles. The van der Waals surface area contributed by atoms with Crippen molar-refractivity contribution >= 4 is 20.0 Å². The number of primary sulfonamides is 1. The molecule has 2 N–H and O–H groups in total. The van der Waals surface area contributed by atoms with Crippen molar-refractivity contribution in [3.05, 3.63) is 59.2 Å². The minimum Gasteiger partial charge on any atom is -0.225 e. The van der Waals surface area contributed by atoms with Gasteiger partial charge in [0, 0.05) is 13.1 Å². The number of aryl methyl sites for hydroxylation is 1. The Morgan fingerprint density at radius 1 is 1.00 bits per heavy atom. The third-order valence-electron chi connectivity index (χ3n) is 4.19. The van der Waals surface area contributed by atoms with Crippen LogP contribution in [0.25, 0.3) is 0 Å². The van der Waals surface area contributed by atoms with Gasteiger partial charge in [-0.1, -0.05) is 24.3 Å². The van der Waals surface area contributed by atoms with Gasteiger partial charge < -0.3 is 0 Å². The predicted molar refractivity (Wildman–Crippen MR) is 90.3 cm³/mol. The van der Waals surface area contributed by atoms with Crippen molar-refractivity contribution in [1.29, 1.82) is 0 Å². The number of hydrogen-bond donors (Lipinski definition) is 1. The second-order valence-electron chi connectivity index (χ2n) is 5.83. The van der Waals surface area contributed by atoms with Crippen LogP contribution in [0.5, 0.6) is 0 Å². The van der Waals surface area contributed by atoms with Gasteiger partial charge in [0.1, 0.15) is 0 Å². The van der Waals surface area contributed by atoms with E-state index in [9.17, 15) is 16.8 Å². The number of nitrogens with two attached hydrogens (primary N) is 1. The second kappa shape index (κ2) is 5.96. The lowest BCUT2D eigenvalue weighted by Crippen LogP contribution is -2.36. The quantitative estimate of drug-likeness (QED) is 0.887. The maximum absolute atomic E-state index is 12.9. The third kappa shape index (κ3) is 3.10. The van der Waals surface area contributed by atoms with Gasteiger partial charge >= 0.3 is 0 Å². The fourth-order valence-corrected chi connectivity index (χ4v) is 5.08. The van der Waals surface area contributed by atoms with Crippen LogP contribution in [0.15, 0.2) is 52.3 Å². The average Bonchev–Trinajstić information content (AvgIpc) is 2.53. The molecule has 0 fully saturated rings. The molecule has 0 aromatic heterocycles. The lowest BCUT2D eigenvalue weighted by molar-refractivity contribution is 0.390. The molecule has 0 spiro atoms. The molecule has 0 aliphatic carbocycles. The molecule has 2 aromatic rings. The first-order valence-corrected chi connectivity index (χ1v) is 10.4. The molecule has 0 atom stereocenters. The maximum atomic E-state index is 12.9. The van der Waals surface area contributed by atoms with E-state index >= 15 is 0 Å². The Hall–Kier alpha value is -1.74. The molecule has 3 rings (SSSR count). The Morgan fingerprint density at radius 3 is 2.38 bits per heavy atom. The van der Waals surface area contributed by atoms with Gasteiger partial charge in [0.15, 0.2) is 0 Å². The molecule has 0 amide bonds. The topological polar surface area (TPSA) is 97.5 Å². The number of fused-ring (bicyclic) bond motifs is 1. The monoisotopic (exact) mass is 366 g/mol. The first-order chi connectivity index (χ1) is 11.2. The van der Waals surface area contributed by atoms with Crippen molar-refractivity contribution < 1.29 is 16.8 Å². The number of hydrogen-bond acceptors (Lipinski definition) is 4. The largest absolute Gasteiger partial charge is 0.243 e. The summed E-state index contributed by atoms with van der Waals surface area (Å²) in [5.41, 5.74) is 2.30. The average molecular weight is 366 g/mol. The first kappa shape index (κ1) is 17.1. The standard InChI is InChI=1S/C16H18N2O4S2/c1-12-4-2-3-5-16(12)24(21,22)18-9-8-13-6-7-15(23(17,19)20)10-14(13)11-18/h2-7,10H,8-9,11H2,1H3,(H2,17,19,20). The molecule has 128 valence electrons. The summed E-state index contributed by atoms with van der Waals surface area (Å²) in [6, 6.07) is 11.4. The number of rotatable bonds is 3. The molecule has 24 heavy (non-hydrogen) atoms. The van der Waals surface area contributed by atoms with Crippen molar-refractivity contribution in [3.63, 3.8) is 0 Å². The van der Waals surface area contributed by atoms with Crippen LogP contribution in [-0.4, -0.2) is 27.7 Å². The number of sulfonamides is 2. The van der Waals surface area contributed by atoms with Crippen LogP contribution in [0.3, 0.4) is 0 Å². The van der Waals surface area contributed by atoms with E-state index in [1.165, 1.54) is 16.4 Å². The highest BCUT2D eigenvalue weighted by atomic mass is 32.2. The van der Waals surface area contributed by atoms with E-state index in [1.54, 1.807) is 37.3 Å². The lowest BCUT2D eigenvalue weighted by Gasteiger charge is -2.28. The zero-order chi connectivity index (χ0) is 17.5. The molecular formula is C16H18N2O4S2. The third-order valence-corrected chi connectivity index (χ3v) is 7.11. The molecule has 1 aliphatic heterocycles. The summed E-state index contributed by atoms with van der Waals surface area (Å²) in [5, 5.41) is 5.16. The van der Waals surface area contributed by atoms with Crippen molar-refractivity contribution in [2.24, 2.45) is 5.14 Å². The Bertz CT molecular complexity index is 998. The summed E-state index contributed by atoms with van der Waals surface area (Å²) in [4.78, 5) is 0.271. The zero-order valence-electron chi connectivity index (χ0n) is 13.1. The van der Waals surface area contributed by atoms with Crippen LogP contribution >= 0.6 is 0 Å². The predicted octanol–water partition coefficient (Wildman–Crippen LogP) is 1.39. The van der Waals surface area contributed by atoms with E-state index in [1.807, 2.05) is 0 Å². The first-order valence-electron chi connectivity index (χ1n) is 7.40. The molecule has 2 aromatic carbocycles. The summed E-state index contributed by atoms with van der Waals surface area (Å²) in [6.07, 6.45) is 0.533. The van der Waals surface area contributed by atoms with Crippen molar-refractivity contribution in [1.82, 2.24) is 4.31 Å². The highest BCUT2D eigenvalue weighted by molar-refractivity contribution is 7.89. The molecular weight excluding hydrogens is 348 g/mol. The van der Waals surface area contributed by atoms with Crippen LogP contribution < -0.4 is 5.14 Å². The minimum atomic E-state index is -3.82. The van der Waals surface area contributed by atoms with Gasteiger partial charge in [0.25, 0.3) is 0 Å². The Kier molecular flexibility index (Phi) is 4.25. The van der Waals surface area contributed by atoms with Crippen molar-refractivity contribution in [3.8, 4) is 0 Å². The van der Waals surface area contributed by atoms with Gasteiger partial charge in [-0.05, 0) is 48.2 Å². The number of benzene rings is 2. The molecule has 8 heteroatoms. The van der Waals surface area contributed by atoms with Gasteiger partial charge in [-0.2, -0.15) is 4.31 Å². The summed E-state index contributed by atoms with van der Waals surface area (Å²) < 4.78 is 50.2. The number of nitrogens with zero attached hydrogens (tertiary/aromatic N) is 1. The summed E-state index contributed by atoms with van der Waals surface area (Å²) >= 11 is 0. The van der Waals surface area contributed by atoms with Gasteiger partial charge in [0.05, 0.1) is 9.79 Å².